The quantitative estimate of drug-likeness (QED) is 0.476. The molecule has 0 spiro atoms. The zero-order valence-corrected chi connectivity index (χ0v) is 20.4. The number of likely N-dealkylation sites (N-methyl/N-ethyl adjacent to an activating group) is 1. The summed E-state index contributed by atoms with van der Waals surface area (Å²) in [5.74, 6) is 0.772. The second kappa shape index (κ2) is 10.1. The minimum Gasteiger partial charge on any atom is -0.507 e. The number of aliphatic hydroxyl groups excluding tert-OH is 1. The minimum atomic E-state index is -1.21. The summed E-state index contributed by atoms with van der Waals surface area (Å²) in [6.07, 6.45) is 3.38. The molecule has 8 heteroatoms. The first-order valence-corrected chi connectivity index (χ1v) is 13.0. The van der Waals surface area contributed by atoms with Gasteiger partial charge < -0.3 is 15.3 Å². The lowest BCUT2D eigenvalue weighted by molar-refractivity contribution is -0.155. The molecule has 2 aliphatic rings. The molecule has 172 valence electrons. The Morgan fingerprint density at radius 3 is 2.74 bits per heavy atom. The van der Waals surface area contributed by atoms with Gasteiger partial charge in [0.1, 0.15) is 10.8 Å². The zero-order chi connectivity index (χ0) is 22.8. The molecule has 6 nitrogen and oxygen atoms in total. The number of phenolic OH excluding ortho intramolecular Hbond substituents is 1. The molecule has 1 saturated heterocycles. The summed E-state index contributed by atoms with van der Waals surface area (Å²) in [4.78, 5) is 18.7. The summed E-state index contributed by atoms with van der Waals surface area (Å²) >= 11 is 3.40. The van der Waals surface area contributed by atoms with E-state index in [1.807, 2.05) is 13.1 Å². The number of aliphatic imine (C=N–C) groups is 1. The van der Waals surface area contributed by atoms with Crippen LogP contribution in [0, 0.1) is 5.41 Å². The van der Waals surface area contributed by atoms with E-state index < -0.39 is 17.5 Å². The Kier molecular flexibility index (Phi) is 8.00. The molecule has 3 N–H and O–H groups in total. The maximum atomic E-state index is 11.6. The fraction of sp³-hybridized carbons (Fsp3) is 0.652. The molecule has 0 saturated carbocycles. The summed E-state index contributed by atoms with van der Waals surface area (Å²) in [6.45, 7) is 5.33. The first-order chi connectivity index (χ1) is 14.7. The number of carbonyl (C=O) groups is 1. The van der Waals surface area contributed by atoms with Crippen molar-refractivity contribution in [1.82, 2.24) is 4.90 Å². The number of unbranched alkanes of at least 4 members (excludes halogenated alkanes) is 2. The van der Waals surface area contributed by atoms with Crippen LogP contribution in [0.3, 0.4) is 0 Å². The number of aromatic hydroxyl groups is 1. The van der Waals surface area contributed by atoms with Crippen molar-refractivity contribution < 1.29 is 20.1 Å². The number of hydrogen-bond acceptors (Lipinski definition) is 7. The summed E-state index contributed by atoms with van der Waals surface area (Å²) in [6, 6.07) is 5.50. The molecule has 0 aliphatic carbocycles. The first kappa shape index (κ1) is 24.4. The predicted octanol–water partition coefficient (Wildman–Crippen LogP) is 3.83. The average molecular weight is 467 g/mol. The highest BCUT2D eigenvalue weighted by Gasteiger charge is 2.48. The molecule has 0 unspecified atom stereocenters. The summed E-state index contributed by atoms with van der Waals surface area (Å²) in [5, 5.41) is 31.8. The van der Waals surface area contributed by atoms with Crippen molar-refractivity contribution in [2.24, 2.45) is 10.4 Å². The van der Waals surface area contributed by atoms with Crippen LogP contribution < -0.4 is 0 Å². The molecule has 1 aromatic carbocycles. The van der Waals surface area contributed by atoms with Crippen LogP contribution in [0.2, 0.25) is 0 Å². The van der Waals surface area contributed by atoms with Gasteiger partial charge in [0.25, 0.3) is 0 Å². The Morgan fingerprint density at radius 2 is 2.06 bits per heavy atom. The molecule has 4 atom stereocenters. The fourth-order valence-corrected chi connectivity index (χ4v) is 7.08. The second-order valence-corrected chi connectivity index (χ2v) is 11.2. The molecular weight excluding hydrogens is 432 g/mol. The van der Waals surface area contributed by atoms with Crippen LogP contribution in [0.15, 0.2) is 23.2 Å². The molecule has 0 radical (unpaired) electrons. The molecular formula is C23H34N2O4S2. The number of carboxylic acids is 1. The molecule has 31 heavy (non-hydrogen) atoms. The van der Waals surface area contributed by atoms with Crippen LogP contribution in [0.1, 0.15) is 51.2 Å². The van der Waals surface area contributed by atoms with Gasteiger partial charge in [0, 0.05) is 17.5 Å². The van der Waals surface area contributed by atoms with Gasteiger partial charge in [-0.1, -0.05) is 31.9 Å². The third-order valence-electron chi connectivity index (χ3n) is 6.41. The molecule has 1 aromatic rings. The third-order valence-corrected chi connectivity index (χ3v) is 9.03. The summed E-state index contributed by atoms with van der Waals surface area (Å²) < 4.78 is 0. The smallest absolute Gasteiger partial charge is 0.311 e. The lowest BCUT2D eigenvalue weighted by Crippen LogP contribution is -2.52. The fourth-order valence-electron chi connectivity index (χ4n) is 4.20. The standard InChI is InChI=1S/C23H34N2O4S2/c1-5-6-7-9-14-10-8-11-17(26)18(14)20-24-15(12-30-20)21-25(4)16(13-31-21)19(27)23(2,3)22(28)29/h8,10-11,15-16,19,21,26-27H,5-7,9,12-13H2,1-4H3,(H,28,29)/t15-,16+,19-,21+/m0/s1. The van der Waals surface area contributed by atoms with Gasteiger partial charge in [-0.2, -0.15) is 0 Å². The van der Waals surface area contributed by atoms with E-state index in [0.29, 0.717) is 5.75 Å². The number of nitrogens with zero attached hydrogens (tertiary/aromatic N) is 2. The SMILES string of the molecule is CCCCCc1cccc(O)c1C1=N[C@H]([C@H]2SC[C@H]([C@H](O)C(C)(C)C(=O)O)N2C)CS1. The van der Waals surface area contributed by atoms with E-state index in [2.05, 4.69) is 17.9 Å². The van der Waals surface area contributed by atoms with Crippen molar-refractivity contribution in [2.45, 2.75) is 70.0 Å². The van der Waals surface area contributed by atoms with Crippen molar-refractivity contribution in [3.05, 3.63) is 29.3 Å². The molecule has 2 aliphatic heterocycles. The van der Waals surface area contributed by atoms with E-state index in [0.717, 1.165) is 47.6 Å². The molecule has 2 heterocycles. The van der Waals surface area contributed by atoms with Crippen molar-refractivity contribution in [2.75, 3.05) is 18.6 Å². The topological polar surface area (TPSA) is 93.4 Å². The van der Waals surface area contributed by atoms with Gasteiger partial charge in [-0.3, -0.25) is 14.7 Å². The number of benzene rings is 1. The Labute approximate surface area is 193 Å². The lowest BCUT2D eigenvalue weighted by Gasteiger charge is -2.35. The maximum absolute atomic E-state index is 11.6. The Bertz CT molecular complexity index is 830. The predicted molar refractivity (Wildman–Crippen MR) is 129 cm³/mol. The van der Waals surface area contributed by atoms with Gasteiger partial charge in [-0.25, -0.2) is 0 Å². The monoisotopic (exact) mass is 466 g/mol. The van der Waals surface area contributed by atoms with E-state index in [-0.39, 0.29) is 23.2 Å². The maximum Gasteiger partial charge on any atom is 0.311 e. The van der Waals surface area contributed by atoms with Crippen LogP contribution in [0.5, 0.6) is 5.75 Å². The van der Waals surface area contributed by atoms with Crippen LogP contribution >= 0.6 is 23.5 Å². The molecule has 3 rings (SSSR count). The van der Waals surface area contributed by atoms with E-state index in [4.69, 9.17) is 4.99 Å². The van der Waals surface area contributed by atoms with Crippen LogP contribution in [-0.4, -0.2) is 73.3 Å². The highest BCUT2D eigenvalue weighted by Crippen LogP contribution is 2.41. The van der Waals surface area contributed by atoms with Gasteiger partial charge in [-0.05, 0) is 45.4 Å². The summed E-state index contributed by atoms with van der Waals surface area (Å²) in [7, 11) is 1.95. The largest absolute Gasteiger partial charge is 0.507 e. The Morgan fingerprint density at radius 1 is 1.32 bits per heavy atom. The highest BCUT2D eigenvalue weighted by molar-refractivity contribution is 8.14. The summed E-state index contributed by atoms with van der Waals surface area (Å²) in [5.41, 5.74) is 0.792. The van der Waals surface area contributed by atoms with Gasteiger partial charge in [0.15, 0.2) is 0 Å². The van der Waals surface area contributed by atoms with E-state index in [1.165, 1.54) is 0 Å². The van der Waals surface area contributed by atoms with E-state index >= 15 is 0 Å². The number of hydrogen-bond donors (Lipinski definition) is 3. The van der Waals surface area contributed by atoms with Crippen molar-refractivity contribution in [1.29, 1.82) is 0 Å². The van der Waals surface area contributed by atoms with Crippen LogP contribution in [-0.2, 0) is 11.2 Å². The average Bonchev–Trinajstić information content (AvgIpc) is 3.34. The second-order valence-electron chi connectivity index (χ2n) is 9.01. The minimum absolute atomic E-state index is 0.0308. The van der Waals surface area contributed by atoms with Crippen LogP contribution in [0.4, 0.5) is 0 Å². The third kappa shape index (κ3) is 5.07. The Balaban J connectivity index is 1.76. The number of carboxylic acid groups (broad SMARTS) is 1. The number of aliphatic carboxylic acids is 1. The van der Waals surface area contributed by atoms with Gasteiger partial charge in [0.2, 0.25) is 0 Å². The number of thioether (sulfide) groups is 2. The van der Waals surface area contributed by atoms with E-state index in [9.17, 15) is 20.1 Å². The Hall–Kier alpha value is -1.22. The van der Waals surface area contributed by atoms with Gasteiger partial charge in [0.05, 0.1) is 28.5 Å². The normalized spacial score (nSPS) is 25.6. The van der Waals surface area contributed by atoms with E-state index in [1.54, 1.807) is 43.4 Å². The number of rotatable bonds is 9. The van der Waals surface area contributed by atoms with Gasteiger partial charge >= 0.3 is 5.97 Å². The lowest BCUT2D eigenvalue weighted by atomic mass is 9.82. The molecule has 0 aromatic heterocycles. The van der Waals surface area contributed by atoms with Crippen molar-refractivity contribution in [3.8, 4) is 5.75 Å². The zero-order valence-electron chi connectivity index (χ0n) is 18.7. The molecule has 1 fully saturated rings. The molecule has 0 amide bonds. The van der Waals surface area contributed by atoms with Crippen molar-refractivity contribution >= 4 is 34.5 Å². The number of phenols is 1. The molecule has 0 bridgehead atoms. The number of aliphatic hydroxyl groups is 1. The number of aryl methyl sites for hydroxylation is 1. The van der Waals surface area contributed by atoms with Crippen LogP contribution in [0.25, 0.3) is 0 Å². The van der Waals surface area contributed by atoms with Crippen molar-refractivity contribution in [3.63, 3.8) is 0 Å². The highest BCUT2D eigenvalue weighted by atomic mass is 32.2. The first-order valence-electron chi connectivity index (χ1n) is 10.9. The van der Waals surface area contributed by atoms with Gasteiger partial charge in [-0.15, -0.1) is 23.5 Å².